The second kappa shape index (κ2) is 3.14. The average molecular weight is 188 g/mol. The zero-order chi connectivity index (χ0) is 8.55. The molecule has 2 fully saturated rings. The second-order valence-corrected chi connectivity index (χ2v) is 4.27. The van der Waals surface area contributed by atoms with Crippen LogP contribution in [0.2, 0.25) is 0 Å². The Hall–Kier alpha value is -0.420. The van der Waals surface area contributed by atoms with E-state index in [0.29, 0.717) is 19.1 Å². The minimum absolute atomic E-state index is 0.496. The number of likely N-dealkylation sites (tertiary alicyclic amines) is 1. The summed E-state index contributed by atoms with van der Waals surface area (Å²) in [5.74, 6) is 2.28. The predicted molar refractivity (Wildman–Crippen MR) is 47.4 cm³/mol. The topological polar surface area (TPSA) is 43.8 Å². The number of amides is 1. The summed E-state index contributed by atoms with van der Waals surface area (Å²) in [7, 11) is 0. The maximum absolute atomic E-state index is 10.4. The molecule has 0 bridgehead atoms. The molecule has 0 unspecified atom stereocenters. The van der Waals surface area contributed by atoms with Gasteiger partial charge in [-0.3, -0.25) is 4.90 Å². The Morgan fingerprint density at radius 1 is 1.50 bits per heavy atom. The summed E-state index contributed by atoms with van der Waals surface area (Å²) in [6.45, 7) is 2.54. The first-order valence-electron chi connectivity index (χ1n) is 4.07. The first-order chi connectivity index (χ1) is 5.77. The van der Waals surface area contributed by atoms with Gasteiger partial charge in [0.1, 0.15) is 0 Å². The van der Waals surface area contributed by atoms with Crippen LogP contribution in [0.5, 0.6) is 0 Å². The van der Waals surface area contributed by atoms with E-state index in [1.165, 1.54) is 10.7 Å². The van der Waals surface area contributed by atoms with Crippen molar-refractivity contribution in [3.8, 4) is 0 Å². The average Bonchev–Trinajstić information content (AvgIpc) is 2.34. The van der Waals surface area contributed by atoms with Crippen molar-refractivity contribution in [2.75, 3.05) is 31.3 Å². The van der Waals surface area contributed by atoms with Gasteiger partial charge in [0.25, 0.3) is 0 Å². The van der Waals surface area contributed by atoms with E-state index in [1.54, 1.807) is 0 Å². The molecule has 0 radical (unpaired) electrons. The van der Waals surface area contributed by atoms with Crippen LogP contribution in [0.4, 0.5) is 4.79 Å². The molecule has 12 heavy (non-hydrogen) atoms. The normalized spacial score (nSPS) is 25.8. The van der Waals surface area contributed by atoms with Crippen LogP contribution in [0.3, 0.4) is 0 Å². The van der Waals surface area contributed by atoms with Crippen LogP contribution in [0.15, 0.2) is 0 Å². The minimum Gasteiger partial charge on any atom is -0.465 e. The molecule has 0 aliphatic carbocycles. The first-order valence-corrected chi connectivity index (χ1v) is 5.22. The van der Waals surface area contributed by atoms with Gasteiger partial charge in [0.05, 0.1) is 0 Å². The molecule has 2 heterocycles. The van der Waals surface area contributed by atoms with Crippen LogP contribution in [-0.2, 0) is 0 Å². The lowest BCUT2D eigenvalue weighted by molar-refractivity contribution is 0.0513. The molecule has 0 aromatic rings. The SMILES string of the molecule is O=C(O)N1CC(N2CCSC2)C1. The Kier molecular flexibility index (Phi) is 2.14. The van der Waals surface area contributed by atoms with Crippen LogP contribution >= 0.6 is 11.8 Å². The van der Waals surface area contributed by atoms with Crippen LogP contribution < -0.4 is 0 Å². The third-order valence-electron chi connectivity index (χ3n) is 2.43. The Labute approximate surface area is 75.5 Å². The van der Waals surface area contributed by atoms with E-state index in [1.807, 2.05) is 11.8 Å². The summed E-state index contributed by atoms with van der Waals surface area (Å²) in [5.41, 5.74) is 0. The molecule has 0 aromatic heterocycles. The van der Waals surface area contributed by atoms with Crippen molar-refractivity contribution in [2.45, 2.75) is 6.04 Å². The van der Waals surface area contributed by atoms with Gasteiger partial charge in [0.2, 0.25) is 0 Å². The van der Waals surface area contributed by atoms with Crippen LogP contribution in [-0.4, -0.2) is 58.3 Å². The number of carboxylic acid groups (broad SMARTS) is 1. The quantitative estimate of drug-likeness (QED) is 0.645. The molecule has 2 rings (SSSR count). The number of rotatable bonds is 1. The summed E-state index contributed by atoms with van der Waals surface area (Å²) < 4.78 is 0. The standard InChI is InChI=1S/C7H12N2O2S/c10-7(11)9-3-6(4-9)8-1-2-12-5-8/h6H,1-5H2,(H,10,11). The summed E-state index contributed by atoms with van der Waals surface area (Å²) in [4.78, 5) is 14.3. The molecule has 0 spiro atoms. The highest BCUT2D eigenvalue weighted by atomic mass is 32.2. The largest absolute Gasteiger partial charge is 0.465 e. The Balaban J connectivity index is 1.77. The van der Waals surface area contributed by atoms with Gasteiger partial charge in [-0.2, -0.15) is 0 Å². The van der Waals surface area contributed by atoms with Crippen molar-refractivity contribution in [2.24, 2.45) is 0 Å². The maximum atomic E-state index is 10.4. The molecule has 0 saturated carbocycles. The summed E-state index contributed by atoms with van der Waals surface area (Å²) >= 11 is 1.93. The van der Waals surface area contributed by atoms with Crippen LogP contribution in [0.25, 0.3) is 0 Å². The third kappa shape index (κ3) is 1.38. The molecule has 2 saturated heterocycles. The van der Waals surface area contributed by atoms with Crippen molar-refractivity contribution in [1.82, 2.24) is 9.80 Å². The molecule has 2 aliphatic rings. The van der Waals surface area contributed by atoms with Gasteiger partial charge < -0.3 is 10.0 Å². The Bertz CT molecular complexity index is 188. The number of carbonyl (C=O) groups is 1. The lowest BCUT2D eigenvalue weighted by atomic mass is 10.1. The highest BCUT2D eigenvalue weighted by Gasteiger charge is 2.35. The van der Waals surface area contributed by atoms with Gasteiger partial charge in [0.15, 0.2) is 0 Å². The zero-order valence-electron chi connectivity index (χ0n) is 6.77. The molecule has 0 aromatic carbocycles. The molecule has 1 amide bonds. The van der Waals surface area contributed by atoms with Crippen molar-refractivity contribution in [3.63, 3.8) is 0 Å². The molecule has 68 valence electrons. The summed E-state index contributed by atoms with van der Waals surface area (Å²) in [6, 6.07) is 0.496. The minimum atomic E-state index is -0.780. The lowest BCUT2D eigenvalue weighted by Gasteiger charge is -2.41. The Morgan fingerprint density at radius 3 is 2.75 bits per heavy atom. The van der Waals surface area contributed by atoms with Crippen LogP contribution in [0, 0.1) is 0 Å². The van der Waals surface area contributed by atoms with Gasteiger partial charge in [-0.1, -0.05) is 0 Å². The molecule has 1 N–H and O–H groups in total. The number of hydrogen-bond acceptors (Lipinski definition) is 3. The molecular weight excluding hydrogens is 176 g/mol. The monoisotopic (exact) mass is 188 g/mol. The fourth-order valence-electron chi connectivity index (χ4n) is 1.56. The van der Waals surface area contributed by atoms with Gasteiger partial charge >= 0.3 is 6.09 Å². The van der Waals surface area contributed by atoms with Crippen LogP contribution in [0.1, 0.15) is 0 Å². The summed E-state index contributed by atoms with van der Waals surface area (Å²) in [5, 5.41) is 8.60. The van der Waals surface area contributed by atoms with Gasteiger partial charge in [-0.15, -0.1) is 11.8 Å². The second-order valence-electron chi connectivity index (χ2n) is 3.19. The third-order valence-corrected chi connectivity index (χ3v) is 3.41. The number of nitrogens with zero attached hydrogens (tertiary/aromatic N) is 2. The van der Waals surface area contributed by atoms with E-state index in [4.69, 9.17) is 5.11 Å². The predicted octanol–water partition coefficient (Wildman–Crippen LogP) is 0.355. The summed E-state index contributed by atoms with van der Waals surface area (Å²) in [6.07, 6.45) is -0.780. The molecule has 5 heteroatoms. The highest BCUT2D eigenvalue weighted by Crippen LogP contribution is 2.22. The van der Waals surface area contributed by atoms with Gasteiger partial charge in [-0.05, 0) is 0 Å². The van der Waals surface area contributed by atoms with Gasteiger partial charge in [0, 0.05) is 37.3 Å². The van der Waals surface area contributed by atoms with E-state index in [2.05, 4.69) is 4.90 Å². The van der Waals surface area contributed by atoms with E-state index < -0.39 is 6.09 Å². The van der Waals surface area contributed by atoms with E-state index >= 15 is 0 Å². The van der Waals surface area contributed by atoms with Crippen molar-refractivity contribution < 1.29 is 9.90 Å². The van der Waals surface area contributed by atoms with Gasteiger partial charge in [-0.25, -0.2) is 4.79 Å². The molecule has 4 nitrogen and oxygen atoms in total. The van der Waals surface area contributed by atoms with Crippen molar-refractivity contribution in [1.29, 1.82) is 0 Å². The molecule has 0 atom stereocenters. The van der Waals surface area contributed by atoms with Crippen molar-refractivity contribution in [3.05, 3.63) is 0 Å². The highest BCUT2D eigenvalue weighted by molar-refractivity contribution is 7.99. The number of hydrogen-bond donors (Lipinski definition) is 1. The van der Waals surface area contributed by atoms with Crippen molar-refractivity contribution >= 4 is 17.9 Å². The maximum Gasteiger partial charge on any atom is 0.407 e. The Morgan fingerprint density at radius 2 is 2.25 bits per heavy atom. The first kappa shape index (κ1) is 8.19. The lowest BCUT2D eigenvalue weighted by Crippen LogP contribution is -2.60. The molecule has 2 aliphatic heterocycles. The van der Waals surface area contributed by atoms with E-state index in [-0.39, 0.29) is 0 Å². The smallest absolute Gasteiger partial charge is 0.407 e. The zero-order valence-corrected chi connectivity index (χ0v) is 7.59. The fourth-order valence-corrected chi connectivity index (χ4v) is 2.63. The van der Waals surface area contributed by atoms with E-state index in [0.717, 1.165) is 12.4 Å². The van der Waals surface area contributed by atoms with E-state index in [9.17, 15) is 4.79 Å². The fraction of sp³-hybridized carbons (Fsp3) is 0.857. The molecular formula is C7H12N2O2S. The number of thioether (sulfide) groups is 1.